The largest absolute Gasteiger partial charge is 0.336 e. The molecular weight excluding hydrogens is 282 g/mol. The molecule has 0 saturated carbocycles. The molecule has 1 N–H and O–H groups in total. The molecule has 1 aliphatic heterocycles. The summed E-state index contributed by atoms with van der Waals surface area (Å²) in [5.41, 5.74) is 1.57. The van der Waals surface area contributed by atoms with Crippen molar-refractivity contribution < 1.29 is 4.79 Å². The van der Waals surface area contributed by atoms with Crippen LogP contribution in [0.25, 0.3) is 0 Å². The van der Waals surface area contributed by atoms with Gasteiger partial charge in [-0.15, -0.1) is 0 Å². The number of hydrogen-bond donors (Lipinski definition) is 1. The van der Waals surface area contributed by atoms with Crippen LogP contribution in [0.3, 0.4) is 0 Å². The molecule has 1 unspecified atom stereocenters. The van der Waals surface area contributed by atoms with Gasteiger partial charge in [0.25, 0.3) is 5.91 Å². The van der Waals surface area contributed by atoms with Crippen molar-refractivity contribution in [3.63, 3.8) is 0 Å². The summed E-state index contributed by atoms with van der Waals surface area (Å²) in [6.45, 7) is 2.77. The molecule has 2 rings (SSSR count). The number of aryl methyl sites for hydroxylation is 1. The summed E-state index contributed by atoms with van der Waals surface area (Å²) >= 11 is 3.47. The first-order chi connectivity index (χ1) is 8.24. The van der Waals surface area contributed by atoms with E-state index in [-0.39, 0.29) is 5.91 Å². The molecule has 0 spiro atoms. The highest BCUT2D eigenvalue weighted by Crippen LogP contribution is 2.23. The van der Waals surface area contributed by atoms with Gasteiger partial charge in [0.05, 0.1) is 11.8 Å². The number of nitrogens with one attached hydrogen (secondary N) is 1. The second-order valence-corrected chi connectivity index (χ2v) is 5.33. The molecule has 0 bridgehead atoms. The standard InChI is InChI=1S/C12H18BrN3O/c1-9-11(8-14-15-9)12(17)16-7-3-2-4-10(16)5-6-13/h8,10H,2-7H2,1H3,(H,14,15). The highest BCUT2D eigenvalue weighted by atomic mass is 79.9. The zero-order valence-electron chi connectivity index (χ0n) is 10.1. The van der Waals surface area contributed by atoms with Crippen molar-refractivity contribution in [1.29, 1.82) is 0 Å². The first-order valence-corrected chi connectivity index (χ1v) is 7.23. The Kier molecular flexibility index (Phi) is 4.20. The fourth-order valence-corrected chi connectivity index (χ4v) is 2.94. The lowest BCUT2D eigenvalue weighted by atomic mass is 9.99. The van der Waals surface area contributed by atoms with Gasteiger partial charge in [-0.2, -0.15) is 5.10 Å². The van der Waals surface area contributed by atoms with E-state index in [0.717, 1.165) is 36.8 Å². The minimum absolute atomic E-state index is 0.127. The Morgan fingerprint density at radius 2 is 2.47 bits per heavy atom. The van der Waals surface area contributed by atoms with Crippen LogP contribution in [-0.4, -0.2) is 38.9 Å². The van der Waals surface area contributed by atoms with Crippen LogP contribution in [0.1, 0.15) is 41.7 Å². The fraction of sp³-hybridized carbons (Fsp3) is 0.667. The summed E-state index contributed by atoms with van der Waals surface area (Å²) in [4.78, 5) is 14.4. The normalized spacial score (nSPS) is 20.6. The molecular formula is C12H18BrN3O. The van der Waals surface area contributed by atoms with Crippen LogP contribution in [0.5, 0.6) is 0 Å². The SMILES string of the molecule is Cc1[nH]ncc1C(=O)N1CCCCC1CCBr. The minimum Gasteiger partial charge on any atom is -0.336 e. The van der Waals surface area contributed by atoms with Crippen LogP contribution in [0.15, 0.2) is 6.20 Å². The van der Waals surface area contributed by atoms with E-state index in [2.05, 4.69) is 26.1 Å². The summed E-state index contributed by atoms with van der Waals surface area (Å²) in [5, 5.41) is 7.71. The number of carbonyl (C=O) groups excluding carboxylic acids is 1. The number of likely N-dealkylation sites (tertiary alicyclic amines) is 1. The average Bonchev–Trinajstić information content (AvgIpc) is 2.76. The summed E-state index contributed by atoms with van der Waals surface area (Å²) in [7, 11) is 0. The number of carbonyl (C=O) groups is 1. The Balaban J connectivity index is 2.14. The number of aromatic amines is 1. The van der Waals surface area contributed by atoms with Gasteiger partial charge in [-0.25, -0.2) is 0 Å². The molecule has 2 heterocycles. The molecule has 1 saturated heterocycles. The lowest BCUT2D eigenvalue weighted by Gasteiger charge is -2.35. The first-order valence-electron chi connectivity index (χ1n) is 6.11. The summed E-state index contributed by atoms with van der Waals surface area (Å²) in [5.74, 6) is 0.127. The highest BCUT2D eigenvalue weighted by molar-refractivity contribution is 9.09. The van der Waals surface area contributed by atoms with Crippen molar-refractivity contribution >= 4 is 21.8 Å². The quantitative estimate of drug-likeness (QED) is 0.872. The van der Waals surface area contributed by atoms with E-state index in [1.165, 1.54) is 6.42 Å². The lowest BCUT2D eigenvalue weighted by molar-refractivity contribution is 0.0609. The third-order valence-electron chi connectivity index (χ3n) is 3.39. The van der Waals surface area contributed by atoms with Crippen LogP contribution < -0.4 is 0 Å². The third kappa shape index (κ3) is 2.70. The Morgan fingerprint density at radius 1 is 1.65 bits per heavy atom. The monoisotopic (exact) mass is 299 g/mol. The number of H-pyrrole nitrogens is 1. The molecule has 4 nitrogen and oxygen atoms in total. The van der Waals surface area contributed by atoms with E-state index in [1.807, 2.05) is 11.8 Å². The Morgan fingerprint density at radius 3 is 3.12 bits per heavy atom. The Labute approximate surface area is 110 Å². The topological polar surface area (TPSA) is 49.0 Å². The van der Waals surface area contributed by atoms with Gasteiger partial charge in [0.1, 0.15) is 0 Å². The van der Waals surface area contributed by atoms with Crippen molar-refractivity contribution in [3.05, 3.63) is 17.5 Å². The molecule has 94 valence electrons. The maximum atomic E-state index is 12.4. The molecule has 1 aliphatic rings. The average molecular weight is 300 g/mol. The highest BCUT2D eigenvalue weighted by Gasteiger charge is 2.28. The molecule has 1 atom stereocenters. The van der Waals surface area contributed by atoms with Gasteiger partial charge in [-0.05, 0) is 32.6 Å². The molecule has 1 fully saturated rings. The number of aromatic nitrogens is 2. The van der Waals surface area contributed by atoms with Crippen molar-refractivity contribution in [2.24, 2.45) is 0 Å². The van der Waals surface area contributed by atoms with Gasteiger partial charge in [0, 0.05) is 23.6 Å². The Hall–Kier alpha value is -0.840. The summed E-state index contributed by atoms with van der Waals surface area (Å²) in [6, 6.07) is 0.380. The van der Waals surface area contributed by atoms with Gasteiger partial charge >= 0.3 is 0 Å². The van der Waals surface area contributed by atoms with Gasteiger partial charge in [0.15, 0.2) is 0 Å². The zero-order valence-corrected chi connectivity index (χ0v) is 11.7. The van der Waals surface area contributed by atoms with Gasteiger partial charge in [-0.3, -0.25) is 9.89 Å². The van der Waals surface area contributed by atoms with Crippen molar-refractivity contribution in [1.82, 2.24) is 15.1 Å². The minimum atomic E-state index is 0.127. The second-order valence-electron chi connectivity index (χ2n) is 4.53. The van der Waals surface area contributed by atoms with E-state index in [1.54, 1.807) is 6.20 Å². The van der Waals surface area contributed by atoms with E-state index in [4.69, 9.17) is 0 Å². The van der Waals surface area contributed by atoms with Crippen LogP contribution in [-0.2, 0) is 0 Å². The molecule has 1 aromatic heterocycles. The van der Waals surface area contributed by atoms with Crippen LogP contribution in [0, 0.1) is 6.92 Å². The molecule has 0 aromatic carbocycles. The van der Waals surface area contributed by atoms with Crippen LogP contribution >= 0.6 is 15.9 Å². The third-order valence-corrected chi connectivity index (χ3v) is 3.85. The number of piperidine rings is 1. The molecule has 5 heteroatoms. The predicted molar refractivity (Wildman–Crippen MR) is 70.4 cm³/mol. The first kappa shape index (κ1) is 12.6. The van der Waals surface area contributed by atoms with Gasteiger partial charge in [-0.1, -0.05) is 15.9 Å². The summed E-state index contributed by atoms with van der Waals surface area (Å²) < 4.78 is 0. The van der Waals surface area contributed by atoms with E-state index >= 15 is 0 Å². The Bertz CT molecular complexity index is 389. The molecule has 1 aromatic rings. The molecule has 1 amide bonds. The number of hydrogen-bond acceptors (Lipinski definition) is 2. The second kappa shape index (κ2) is 5.67. The molecule has 17 heavy (non-hydrogen) atoms. The number of rotatable bonds is 3. The number of halogens is 1. The maximum absolute atomic E-state index is 12.4. The van der Waals surface area contributed by atoms with Crippen LogP contribution in [0.4, 0.5) is 0 Å². The number of nitrogens with zero attached hydrogens (tertiary/aromatic N) is 2. The number of alkyl halides is 1. The van der Waals surface area contributed by atoms with Crippen LogP contribution in [0.2, 0.25) is 0 Å². The van der Waals surface area contributed by atoms with E-state index in [0.29, 0.717) is 11.6 Å². The maximum Gasteiger partial charge on any atom is 0.257 e. The number of amides is 1. The predicted octanol–water partition coefficient (Wildman–Crippen LogP) is 2.50. The summed E-state index contributed by atoms with van der Waals surface area (Å²) in [6.07, 6.45) is 6.13. The zero-order chi connectivity index (χ0) is 12.3. The van der Waals surface area contributed by atoms with Crippen molar-refractivity contribution in [3.8, 4) is 0 Å². The van der Waals surface area contributed by atoms with Gasteiger partial charge in [0.2, 0.25) is 0 Å². The van der Waals surface area contributed by atoms with E-state index in [9.17, 15) is 4.79 Å². The van der Waals surface area contributed by atoms with Crippen molar-refractivity contribution in [2.45, 2.75) is 38.6 Å². The lowest BCUT2D eigenvalue weighted by Crippen LogP contribution is -2.44. The van der Waals surface area contributed by atoms with E-state index < -0.39 is 0 Å². The molecule has 0 radical (unpaired) electrons. The molecule has 0 aliphatic carbocycles. The smallest absolute Gasteiger partial charge is 0.257 e. The van der Waals surface area contributed by atoms with Crippen molar-refractivity contribution in [2.75, 3.05) is 11.9 Å². The van der Waals surface area contributed by atoms with Gasteiger partial charge < -0.3 is 4.90 Å². The fourth-order valence-electron chi connectivity index (χ4n) is 2.42.